The molecule has 0 bridgehead atoms. The molecule has 20 heavy (non-hydrogen) atoms. The second-order valence-corrected chi connectivity index (χ2v) is 4.83. The van der Waals surface area contributed by atoms with Crippen molar-refractivity contribution in [1.82, 2.24) is 10.3 Å². The Kier molecular flexibility index (Phi) is 4.85. The number of benzene rings is 1. The number of carbonyl (C=O) groups excluding carboxylic acids is 1. The van der Waals surface area contributed by atoms with Gasteiger partial charge in [0.2, 0.25) is 0 Å². The average Bonchev–Trinajstić information content (AvgIpc) is 2.53. The minimum atomic E-state index is -0.171. The largest absolute Gasteiger partial charge is 0.396 e. The molecule has 4 heteroatoms. The molecule has 2 aromatic rings. The van der Waals surface area contributed by atoms with Crippen LogP contribution in [0.3, 0.4) is 0 Å². The van der Waals surface area contributed by atoms with Crippen LogP contribution < -0.4 is 5.32 Å². The number of pyridine rings is 1. The van der Waals surface area contributed by atoms with E-state index in [4.69, 9.17) is 5.11 Å². The van der Waals surface area contributed by atoms with E-state index in [1.165, 1.54) is 0 Å². The molecule has 4 nitrogen and oxygen atoms in total. The molecule has 0 radical (unpaired) electrons. The van der Waals surface area contributed by atoms with Crippen LogP contribution in [0.25, 0.3) is 11.1 Å². The lowest BCUT2D eigenvalue weighted by Crippen LogP contribution is -2.29. The molecule has 1 heterocycles. The van der Waals surface area contributed by atoms with Crippen LogP contribution in [0.5, 0.6) is 0 Å². The summed E-state index contributed by atoms with van der Waals surface area (Å²) in [6.45, 7) is 2.38. The summed E-state index contributed by atoms with van der Waals surface area (Å²) in [7, 11) is 0. The Morgan fingerprint density at radius 1 is 1.25 bits per heavy atom. The summed E-state index contributed by atoms with van der Waals surface area (Å²) >= 11 is 0. The lowest BCUT2D eigenvalue weighted by Gasteiger charge is -2.10. The number of amides is 1. The first kappa shape index (κ1) is 14.2. The summed E-state index contributed by atoms with van der Waals surface area (Å²) < 4.78 is 0. The summed E-state index contributed by atoms with van der Waals surface area (Å²) in [6, 6.07) is 11.6. The first-order valence-electron chi connectivity index (χ1n) is 6.60. The van der Waals surface area contributed by atoms with Gasteiger partial charge in [0.05, 0.1) is 5.56 Å². The number of aliphatic hydroxyl groups excluding tert-OH is 1. The molecule has 0 saturated heterocycles. The van der Waals surface area contributed by atoms with Gasteiger partial charge in [0.25, 0.3) is 5.91 Å². The van der Waals surface area contributed by atoms with Gasteiger partial charge >= 0.3 is 0 Å². The van der Waals surface area contributed by atoms with E-state index in [1.807, 2.05) is 43.3 Å². The highest BCUT2D eigenvalue weighted by Gasteiger charge is 2.09. The van der Waals surface area contributed by atoms with E-state index in [1.54, 1.807) is 12.4 Å². The fraction of sp³-hybridized carbons (Fsp3) is 0.250. The number of aromatic nitrogens is 1. The molecule has 2 rings (SSSR count). The van der Waals surface area contributed by atoms with E-state index < -0.39 is 0 Å². The summed E-state index contributed by atoms with van der Waals surface area (Å²) in [5.74, 6) is -0.125. The zero-order valence-corrected chi connectivity index (χ0v) is 11.4. The minimum absolute atomic E-state index is 0.0456. The number of aliphatic hydroxyl groups is 1. The van der Waals surface area contributed by atoms with E-state index in [9.17, 15) is 4.79 Å². The van der Waals surface area contributed by atoms with Crippen LogP contribution in [-0.4, -0.2) is 29.1 Å². The first-order chi connectivity index (χ1) is 9.70. The third kappa shape index (κ3) is 3.65. The molecular formula is C16H18N2O2. The summed E-state index contributed by atoms with van der Waals surface area (Å²) in [6.07, 6.45) is 3.29. The maximum atomic E-state index is 12.0. The van der Waals surface area contributed by atoms with Crippen molar-refractivity contribution in [2.24, 2.45) is 5.92 Å². The second-order valence-electron chi connectivity index (χ2n) is 4.83. The summed E-state index contributed by atoms with van der Waals surface area (Å²) in [4.78, 5) is 16.1. The number of nitrogens with one attached hydrogen (secondary N) is 1. The van der Waals surface area contributed by atoms with Gasteiger partial charge in [0, 0.05) is 31.1 Å². The van der Waals surface area contributed by atoms with E-state index in [0.717, 1.165) is 11.1 Å². The van der Waals surface area contributed by atoms with Crippen molar-refractivity contribution in [2.45, 2.75) is 6.92 Å². The third-order valence-corrected chi connectivity index (χ3v) is 3.03. The highest BCUT2D eigenvalue weighted by Crippen LogP contribution is 2.18. The maximum absolute atomic E-state index is 12.0. The van der Waals surface area contributed by atoms with Crippen LogP contribution in [0, 0.1) is 5.92 Å². The van der Waals surface area contributed by atoms with Crippen molar-refractivity contribution in [3.63, 3.8) is 0 Å². The van der Waals surface area contributed by atoms with Gasteiger partial charge in [-0.3, -0.25) is 9.78 Å². The van der Waals surface area contributed by atoms with Crippen LogP contribution in [0.4, 0.5) is 0 Å². The predicted octanol–water partition coefficient (Wildman–Crippen LogP) is 2.11. The van der Waals surface area contributed by atoms with Crippen molar-refractivity contribution < 1.29 is 9.90 Å². The van der Waals surface area contributed by atoms with E-state index in [0.29, 0.717) is 12.1 Å². The molecular weight excluding hydrogens is 252 g/mol. The number of rotatable bonds is 5. The van der Waals surface area contributed by atoms with Gasteiger partial charge in [0.1, 0.15) is 0 Å². The van der Waals surface area contributed by atoms with Crippen molar-refractivity contribution in [3.8, 4) is 11.1 Å². The molecule has 0 saturated carbocycles. The smallest absolute Gasteiger partial charge is 0.252 e. The summed E-state index contributed by atoms with van der Waals surface area (Å²) in [5, 5.41) is 11.7. The highest BCUT2D eigenvalue weighted by atomic mass is 16.3. The molecule has 1 aromatic heterocycles. The average molecular weight is 270 g/mol. The third-order valence-electron chi connectivity index (χ3n) is 3.03. The van der Waals surface area contributed by atoms with E-state index in [2.05, 4.69) is 10.3 Å². The quantitative estimate of drug-likeness (QED) is 0.874. The normalized spacial score (nSPS) is 11.9. The topological polar surface area (TPSA) is 62.2 Å². The second kappa shape index (κ2) is 6.82. The summed E-state index contributed by atoms with van der Waals surface area (Å²) in [5.41, 5.74) is 2.46. The highest BCUT2D eigenvalue weighted by molar-refractivity contribution is 5.95. The predicted molar refractivity (Wildman–Crippen MR) is 78.3 cm³/mol. The molecule has 0 fully saturated rings. The molecule has 0 spiro atoms. The maximum Gasteiger partial charge on any atom is 0.252 e. The Hall–Kier alpha value is -2.20. The van der Waals surface area contributed by atoms with Crippen molar-refractivity contribution >= 4 is 5.91 Å². The lowest BCUT2D eigenvalue weighted by atomic mass is 10.1. The van der Waals surface area contributed by atoms with Gasteiger partial charge in [0.15, 0.2) is 0 Å². The van der Waals surface area contributed by atoms with Gasteiger partial charge in [-0.05, 0) is 17.5 Å². The van der Waals surface area contributed by atoms with Crippen molar-refractivity contribution in [3.05, 3.63) is 54.4 Å². The van der Waals surface area contributed by atoms with Gasteiger partial charge < -0.3 is 10.4 Å². The molecule has 0 aliphatic heterocycles. The fourth-order valence-corrected chi connectivity index (χ4v) is 1.79. The van der Waals surface area contributed by atoms with Crippen LogP contribution in [0.1, 0.15) is 17.3 Å². The molecule has 104 valence electrons. The zero-order valence-electron chi connectivity index (χ0n) is 11.4. The number of nitrogens with zero attached hydrogens (tertiary/aromatic N) is 1. The molecule has 1 atom stereocenters. The van der Waals surface area contributed by atoms with Crippen molar-refractivity contribution in [2.75, 3.05) is 13.2 Å². The van der Waals surface area contributed by atoms with E-state index in [-0.39, 0.29) is 18.4 Å². The molecule has 0 aliphatic rings. The lowest BCUT2D eigenvalue weighted by molar-refractivity contribution is 0.0942. The van der Waals surface area contributed by atoms with Gasteiger partial charge in [-0.1, -0.05) is 37.3 Å². The standard InChI is InChI=1S/C16H18N2O2/c1-12(11-19)8-18-16(20)15-7-14(9-17-10-15)13-5-3-2-4-6-13/h2-7,9-10,12,19H,8,11H2,1H3,(H,18,20). The van der Waals surface area contributed by atoms with Crippen LogP contribution in [-0.2, 0) is 0 Å². The Morgan fingerprint density at radius 2 is 2.00 bits per heavy atom. The molecule has 1 aromatic carbocycles. The first-order valence-corrected chi connectivity index (χ1v) is 6.60. The number of carbonyl (C=O) groups is 1. The Balaban J connectivity index is 2.12. The van der Waals surface area contributed by atoms with Crippen LogP contribution >= 0.6 is 0 Å². The van der Waals surface area contributed by atoms with Crippen molar-refractivity contribution in [1.29, 1.82) is 0 Å². The van der Waals surface area contributed by atoms with E-state index >= 15 is 0 Å². The molecule has 1 unspecified atom stereocenters. The van der Waals surface area contributed by atoms with Gasteiger partial charge in [-0.25, -0.2) is 0 Å². The van der Waals surface area contributed by atoms with Crippen LogP contribution in [0.2, 0.25) is 0 Å². The van der Waals surface area contributed by atoms with Gasteiger partial charge in [-0.15, -0.1) is 0 Å². The SMILES string of the molecule is CC(CO)CNC(=O)c1cncc(-c2ccccc2)c1. The number of hydrogen-bond donors (Lipinski definition) is 2. The van der Waals surface area contributed by atoms with Gasteiger partial charge in [-0.2, -0.15) is 0 Å². The van der Waals surface area contributed by atoms with Crippen LogP contribution in [0.15, 0.2) is 48.8 Å². The Labute approximate surface area is 118 Å². The molecule has 0 aliphatic carbocycles. The fourth-order valence-electron chi connectivity index (χ4n) is 1.79. The Morgan fingerprint density at radius 3 is 2.70 bits per heavy atom. The zero-order chi connectivity index (χ0) is 14.4. The molecule has 2 N–H and O–H groups in total. The minimum Gasteiger partial charge on any atom is -0.396 e. The Bertz CT molecular complexity index is 570. The number of hydrogen-bond acceptors (Lipinski definition) is 3. The molecule has 1 amide bonds. The monoisotopic (exact) mass is 270 g/mol.